The average Bonchev–Trinajstić information content (AvgIpc) is 3.61. The number of hydrogen-bond acceptors (Lipinski definition) is 6. The first-order valence-electron chi connectivity index (χ1n) is 15.7. The van der Waals surface area contributed by atoms with Gasteiger partial charge in [0.25, 0.3) is 5.91 Å². The molecule has 0 aliphatic heterocycles. The Balaban J connectivity index is 1.13. The molecule has 0 saturated heterocycles. The molecule has 3 aromatic rings. The maximum absolute atomic E-state index is 15.1. The van der Waals surface area contributed by atoms with Crippen LogP contribution >= 0.6 is 11.6 Å². The maximum Gasteiger partial charge on any atom is 0.308 e. The number of ether oxygens (including phenoxy) is 3. The monoisotopic (exact) mass is 640 g/mol. The van der Waals surface area contributed by atoms with Gasteiger partial charge < -0.3 is 24.1 Å². The lowest BCUT2D eigenvalue weighted by molar-refractivity contribution is -0.147. The number of carbonyl (C=O) groups excluding carboxylic acids is 3. The third-order valence-corrected chi connectivity index (χ3v) is 9.91. The lowest BCUT2D eigenvalue weighted by Gasteiger charge is -2.29. The lowest BCUT2D eigenvalue weighted by atomic mass is 9.87. The van der Waals surface area contributed by atoms with E-state index in [2.05, 4.69) is 5.32 Å². The van der Waals surface area contributed by atoms with Crippen LogP contribution in [-0.2, 0) is 37.3 Å². The minimum Gasteiger partial charge on any atom is -0.469 e. The van der Waals surface area contributed by atoms with Gasteiger partial charge >= 0.3 is 5.97 Å². The molecule has 0 bridgehead atoms. The van der Waals surface area contributed by atoms with Gasteiger partial charge in [-0.1, -0.05) is 29.8 Å². The highest BCUT2D eigenvalue weighted by molar-refractivity contribution is 6.34. The Labute approximate surface area is 268 Å². The molecule has 3 unspecified atom stereocenters. The number of carbonyl (C=O) groups is 3. The molecule has 1 amide bonds. The fraction of sp³-hybridized carbons (Fsp3) is 0.514. The van der Waals surface area contributed by atoms with Crippen LogP contribution in [0.5, 0.6) is 0 Å². The maximum atomic E-state index is 15.1. The van der Waals surface area contributed by atoms with E-state index in [-0.39, 0.29) is 64.4 Å². The summed E-state index contributed by atoms with van der Waals surface area (Å²) in [5.74, 6) is -0.687. The zero-order valence-corrected chi connectivity index (χ0v) is 26.9. The average molecular weight is 641 g/mol. The second-order valence-corrected chi connectivity index (χ2v) is 12.9. The molecule has 3 atom stereocenters. The summed E-state index contributed by atoms with van der Waals surface area (Å²) < 4.78 is 33.8. The summed E-state index contributed by atoms with van der Waals surface area (Å²) in [5, 5.41) is 3.68. The molecule has 2 fully saturated rings. The number of nitrogens with one attached hydrogen (secondary N) is 1. The van der Waals surface area contributed by atoms with Crippen molar-refractivity contribution in [1.29, 1.82) is 0 Å². The number of methoxy groups -OCH3 is 2. The highest BCUT2D eigenvalue weighted by atomic mass is 35.5. The SMILES string of the molecule is COC(=O)C1CCC(OCC2CC(OC)CC2CCC(=O)Cc2cc(Cl)c(NC(=O)c3cn(C)c4ccccc34)cc2F)CC1. The van der Waals surface area contributed by atoms with Crippen molar-refractivity contribution in [1.82, 2.24) is 4.57 Å². The summed E-state index contributed by atoms with van der Waals surface area (Å²) in [6, 6.07) is 10.1. The molecule has 0 radical (unpaired) electrons. The Kier molecular flexibility index (Phi) is 10.9. The van der Waals surface area contributed by atoms with Crippen molar-refractivity contribution in [2.24, 2.45) is 24.8 Å². The number of aromatic nitrogens is 1. The number of rotatable bonds is 12. The largest absolute Gasteiger partial charge is 0.469 e. The van der Waals surface area contributed by atoms with Crippen molar-refractivity contribution in [3.8, 4) is 0 Å². The van der Waals surface area contributed by atoms with E-state index in [0.717, 1.165) is 49.4 Å². The predicted molar refractivity (Wildman–Crippen MR) is 171 cm³/mol. The molecule has 242 valence electrons. The number of amides is 1. The first-order chi connectivity index (χ1) is 21.7. The molecule has 2 aliphatic rings. The number of anilines is 1. The quantitative estimate of drug-likeness (QED) is 0.216. The van der Waals surface area contributed by atoms with Gasteiger partial charge in [0.1, 0.15) is 11.6 Å². The van der Waals surface area contributed by atoms with E-state index in [4.69, 9.17) is 25.8 Å². The van der Waals surface area contributed by atoms with Crippen molar-refractivity contribution in [3.05, 3.63) is 64.6 Å². The van der Waals surface area contributed by atoms with Crippen molar-refractivity contribution >= 4 is 45.9 Å². The third kappa shape index (κ3) is 7.94. The van der Waals surface area contributed by atoms with Crippen LogP contribution in [0.2, 0.25) is 5.02 Å². The topological polar surface area (TPSA) is 95.9 Å². The van der Waals surface area contributed by atoms with Crippen molar-refractivity contribution in [3.63, 3.8) is 0 Å². The van der Waals surface area contributed by atoms with Crippen LogP contribution in [0.1, 0.15) is 67.3 Å². The first kappa shape index (κ1) is 33.1. The second-order valence-electron chi connectivity index (χ2n) is 12.5. The highest BCUT2D eigenvalue weighted by Gasteiger charge is 2.36. The minimum atomic E-state index is -0.588. The van der Waals surface area contributed by atoms with Gasteiger partial charge in [-0.2, -0.15) is 0 Å². The molecular weight excluding hydrogens is 599 g/mol. The number of aryl methyl sites for hydroxylation is 1. The summed E-state index contributed by atoms with van der Waals surface area (Å²) in [4.78, 5) is 37.9. The van der Waals surface area contributed by atoms with E-state index in [1.165, 1.54) is 19.2 Å². The second kappa shape index (κ2) is 14.9. The number of esters is 1. The van der Waals surface area contributed by atoms with E-state index < -0.39 is 11.7 Å². The Morgan fingerprint density at radius 3 is 2.49 bits per heavy atom. The number of para-hydroxylation sites is 1. The summed E-state index contributed by atoms with van der Waals surface area (Å²) in [5.41, 5.74) is 1.72. The van der Waals surface area contributed by atoms with E-state index in [9.17, 15) is 14.4 Å². The van der Waals surface area contributed by atoms with Crippen LogP contribution in [0, 0.1) is 23.6 Å². The molecule has 1 aromatic heterocycles. The number of ketones is 1. The normalized spacial score (nSPS) is 23.3. The van der Waals surface area contributed by atoms with Gasteiger partial charge in [-0.25, -0.2) is 4.39 Å². The summed E-state index contributed by atoms with van der Waals surface area (Å²) >= 11 is 6.45. The fourth-order valence-electron chi connectivity index (χ4n) is 6.98. The number of Topliss-reactive ketones (excluding diaryl/α,β-unsaturated/α-hetero) is 1. The number of nitrogens with zero attached hydrogens (tertiary/aromatic N) is 1. The molecule has 1 N–H and O–H groups in total. The Bertz CT molecular complexity index is 1530. The summed E-state index contributed by atoms with van der Waals surface area (Å²) in [6.07, 6.45) is 7.86. The van der Waals surface area contributed by atoms with Gasteiger partial charge in [0.15, 0.2) is 0 Å². The van der Waals surface area contributed by atoms with Crippen molar-refractivity contribution < 1.29 is 33.0 Å². The number of fused-ring (bicyclic) bond motifs is 1. The van der Waals surface area contributed by atoms with Gasteiger partial charge in [0, 0.05) is 44.1 Å². The smallest absolute Gasteiger partial charge is 0.308 e. The third-order valence-electron chi connectivity index (χ3n) is 9.59. The van der Waals surface area contributed by atoms with Crippen molar-refractivity contribution in [2.45, 2.75) is 70.0 Å². The van der Waals surface area contributed by atoms with E-state index in [1.807, 2.05) is 35.9 Å². The molecule has 8 nitrogen and oxygen atoms in total. The summed E-state index contributed by atoms with van der Waals surface area (Å²) in [6.45, 7) is 0.600. The van der Waals surface area contributed by atoms with Crippen LogP contribution in [0.25, 0.3) is 10.9 Å². The van der Waals surface area contributed by atoms with Gasteiger partial charge in [0.2, 0.25) is 0 Å². The summed E-state index contributed by atoms with van der Waals surface area (Å²) in [7, 11) is 5.00. The molecule has 2 aromatic carbocycles. The van der Waals surface area contributed by atoms with Crippen LogP contribution < -0.4 is 5.32 Å². The van der Waals surface area contributed by atoms with Crippen LogP contribution in [-0.4, -0.2) is 55.3 Å². The minimum absolute atomic E-state index is 0.0392. The number of hydrogen-bond donors (Lipinski definition) is 1. The first-order valence-corrected chi connectivity index (χ1v) is 16.1. The van der Waals surface area contributed by atoms with Gasteiger partial charge in [-0.3, -0.25) is 14.4 Å². The Morgan fingerprint density at radius 1 is 1.02 bits per heavy atom. The van der Waals surface area contributed by atoms with Crippen molar-refractivity contribution in [2.75, 3.05) is 26.1 Å². The van der Waals surface area contributed by atoms with Crippen LogP contribution in [0.15, 0.2) is 42.6 Å². The molecule has 5 rings (SSSR count). The van der Waals surface area contributed by atoms with E-state index >= 15 is 4.39 Å². The zero-order valence-electron chi connectivity index (χ0n) is 26.2. The number of benzene rings is 2. The molecule has 1 heterocycles. The van der Waals surface area contributed by atoms with E-state index in [0.29, 0.717) is 25.0 Å². The predicted octanol–water partition coefficient (Wildman–Crippen LogP) is 6.90. The molecular formula is C35H42ClFN2O6. The van der Waals surface area contributed by atoms with Gasteiger partial charge in [0.05, 0.1) is 48.1 Å². The van der Waals surface area contributed by atoms with Crippen LogP contribution in [0.3, 0.4) is 0 Å². The Morgan fingerprint density at radius 2 is 1.76 bits per heavy atom. The molecule has 2 saturated carbocycles. The Hall–Kier alpha value is -3.27. The van der Waals surface area contributed by atoms with E-state index in [1.54, 1.807) is 13.3 Å². The molecule has 0 spiro atoms. The number of halogens is 2. The molecule has 10 heteroatoms. The molecule has 45 heavy (non-hydrogen) atoms. The highest BCUT2D eigenvalue weighted by Crippen LogP contribution is 2.38. The molecule has 2 aliphatic carbocycles. The zero-order chi connectivity index (χ0) is 32.1. The van der Waals surface area contributed by atoms with Gasteiger partial charge in [-0.05, 0) is 80.5 Å². The van der Waals surface area contributed by atoms with Crippen LogP contribution in [0.4, 0.5) is 10.1 Å². The standard InChI is InChI=1S/C35H42ClFN2O6/c1-39-19-29(28-6-4-5-7-33(28)39)34(41)38-32-18-31(37)23(17-30(32)36)14-25(40)11-8-22-15-27(43-2)16-24(22)20-45-26-12-9-21(10-13-26)35(42)44-3/h4-7,17-19,21-22,24,26-27H,8-16,20H2,1-3H3,(H,38,41). The fourth-order valence-corrected chi connectivity index (χ4v) is 7.21. The van der Waals surface area contributed by atoms with Gasteiger partial charge in [-0.15, -0.1) is 0 Å². The lowest BCUT2D eigenvalue weighted by Crippen LogP contribution is -2.29.